The first-order valence-corrected chi connectivity index (χ1v) is 9.56. The van der Waals surface area contributed by atoms with Crippen molar-refractivity contribution in [3.63, 3.8) is 0 Å². The van der Waals surface area contributed by atoms with Crippen molar-refractivity contribution in [3.05, 3.63) is 40.5 Å². The maximum Gasteiger partial charge on any atom is 0.333 e. The van der Waals surface area contributed by atoms with Gasteiger partial charge in [0.2, 0.25) is 0 Å². The highest BCUT2D eigenvalue weighted by Crippen LogP contribution is 2.63. The van der Waals surface area contributed by atoms with Gasteiger partial charge in [-0.2, -0.15) is 0 Å². The number of aromatic hydroxyl groups is 1. The van der Waals surface area contributed by atoms with Crippen LogP contribution in [0, 0.1) is 17.3 Å². The predicted molar refractivity (Wildman–Crippen MR) is 97.4 cm³/mol. The monoisotopic (exact) mass is 340 g/mol. The molecule has 1 N–H and O–H groups in total. The van der Waals surface area contributed by atoms with E-state index in [2.05, 4.69) is 13.0 Å². The van der Waals surface area contributed by atoms with Gasteiger partial charge in [0.15, 0.2) is 0 Å². The molecule has 0 heterocycles. The number of hydrogen-bond acceptors (Lipinski definition) is 3. The molecule has 3 aliphatic carbocycles. The third kappa shape index (κ3) is 2.43. The molecular weight excluding hydrogens is 312 g/mol. The van der Waals surface area contributed by atoms with Crippen LogP contribution in [0.1, 0.15) is 63.0 Å². The van der Waals surface area contributed by atoms with Gasteiger partial charge in [0.05, 0.1) is 7.11 Å². The van der Waals surface area contributed by atoms with Crippen LogP contribution in [0.3, 0.4) is 0 Å². The number of ether oxygens (including phenoxy) is 1. The van der Waals surface area contributed by atoms with Gasteiger partial charge in [0.1, 0.15) is 5.75 Å². The van der Waals surface area contributed by atoms with Crippen molar-refractivity contribution in [1.29, 1.82) is 0 Å². The van der Waals surface area contributed by atoms with Crippen molar-refractivity contribution >= 4 is 5.97 Å². The average molecular weight is 340 g/mol. The summed E-state index contributed by atoms with van der Waals surface area (Å²) in [5.74, 6) is 2.18. The molecule has 0 unspecified atom stereocenters. The fourth-order valence-electron chi connectivity index (χ4n) is 6.27. The quantitative estimate of drug-likeness (QED) is 0.593. The van der Waals surface area contributed by atoms with Crippen molar-refractivity contribution in [2.24, 2.45) is 17.3 Å². The lowest BCUT2D eigenvalue weighted by Crippen LogP contribution is -2.40. The Morgan fingerprint density at radius 3 is 2.80 bits per heavy atom. The van der Waals surface area contributed by atoms with Gasteiger partial charge >= 0.3 is 5.97 Å². The largest absolute Gasteiger partial charge is 0.508 e. The number of benzene rings is 1. The number of carbonyl (C=O) groups is 1. The fraction of sp³-hybridized carbons (Fsp3) is 0.591. The third-order valence-electron chi connectivity index (χ3n) is 7.44. The maximum absolute atomic E-state index is 12.1. The molecule has 4 atom stereocenters. The van der Waals surface area contributed by atoms with Crippen LogP contribution in [0.15, 0.2) is 29.3 Å². The van der Waals surface area contributed by atoms with E-state index in [1.165, 1.54) is 43.1 Å². The maximum atomic E-state index is 12.1. The van der Waals surface area contributed by atoms with Gasteiger partial charge in [-0.1, -0.05) is 18.6 Å². The molecule has 0 saturated heterocycles. The molecule has 0 aliphatic heterocycles. The summed E-state index contributed by atoms with van der Waals surface area (Å²) in [5.41, 5.74) is 5.13. The molecule has 1 aromatic carbocycles. The lowest BCUT2D eigenvalue weighted by atomic mass is 9.55. The second kappa shape index (κ2) is 5.89. The SMILES string of the molecule is COC(=O)/C(C)=C1\CC[C@H]2[C@@H]3CCc4cc(O)ccc4[C@H]3CC[C@]12C. The summed E-state index contributed by atoms with van der Waals surface area (Å²) in [4.78, 5) is 12.1. The summed E-state index contributed by atoms with van der Waals surface area (Å²) in [7, 11) is 1.48. The van der Waals surface area contributed by atoms with Gasteiger partial charge in [-0.15, -0.1) is 0 Å². The first kappa shape index (κ1) is 16.7. The second-order valence-electron chi connectivity index (χ2n) is 8.39. The summed E-state index contributed by atoms with van der Waals surface area (Å²) in [6.07, 6.45) is 6.80. The average Bonchev–Trinajstić information content (AvgIpc) is 2.97. The minimum atomic E-state index is -0.163. The Kier molecular flexibility index (Phi) is 3.93. The van der Waals surface area contributed by atoms with Gasteiger partial charge in [-0.05, 0) is 91.9 Å². The molecule has 2 fully saturated rings. The normalized spacial score (nSPS) is 35.4. The predicted octanol–water partition coefficient (Wildman–Crippen LogP) is 4.74. The summed E-state index contributed by atoms with van der Waals surface area (Å²) >= 11 is 0. The summed E-state index contributed by atoms with van der Waals surface area (Å²) < 4.78 is 4.99. The second-order valence-corrected chi connectivity index (χ2v) is 8.39. The van der Waals surface area contributed by atoms with Crippen molar-refractivity contribution in [2.75, 3.05) is 7.11 Å². The number of aryl methyl sites for hydroxylation is 1. The molecule has 0 aromatic heterocycles. The number of phenolic OH excluding ortho intramolecular Hbond substituents is 1. The zero-order valence-electron chi connectivity index (χ0n) is 15.5. The number of rotatable bonds is 1. The van der Waals surface area contributed by atoms with Gasteiger partial charge < -0.3 is 9.84 Å². The van der Waals surface area contributed by atoms with Crippen molar-refractivity contribution in [1.82, 2.24) is 0 Å². The Morgan fingerprint density at radius 1 is 1.24 bits per heavy atom. The molecular formula is C22H28O3. The van der Waals surface area contributed by atoms with Crippen LogP contribution < -0.4 is 0 Å². The van der Waals surface area contributed by atoms with Crippen LogP contribution >= 0.6 is 0 Å². The molecule has 134 valence electrons. The number of allylic oxidation sites excluding steroid dienone is 1. The van der Waals surface area contributed by atoms with Gasteiger partial charge in [-0.3, -0.25) is 0 Å². The number of phenols is 1. The molecule has 1 aromatic rings. The highest BCUT2D eigenvalue weighted by atomic mass is 16.5. The molecule has 25 heavy (non-hydrogen) atoms. The molecule has 0 amide bonds. The van der Waals surface area contributed by atoms with E-state index in [9.17, 15) is 9.90 Å². The molecule has 3 nitrogen and oxygen atoms in total. The van der Waals surface area contributed by atoms with E-state index in [-0.39, 0.29) is 11.4 Å². The van der Waals surface area contributed by atoms with Crippen molar-refractivity contribution in [2.45, 2.75) is 58.3 Å². The summed E-state index contributed by atoms with van der Waals surface area (Å²) in [6.45, 7) is 4.33. The number of methoxy groups -OCH3 is 1. The van der Waals surface area contributed by atoms with E-state index in [1.54, 1.807) is 0 Å². The van der Waals surface area contributed by atoms with Gasteiger partial charge in [-0.25, -0.2) is 4.79 Å². The molecule has 0 radical (unpaired) electrons. The van der Waals surface area contributed by atoms with E-state index >= 15 is 0 Å². The fourth-order valence-corrected chi connectivity index (χ4v) is 6.27. The Bertz CT molecular complexity index is 748. The van der Waals surface area contributed by atoms with Gasteiger partial charge in [0.25, 0.3) is 0 Å². The van der Waals surface area contributed by atoms with Crippen molar-refractivity contribution < 1.29 is 14.6 Å². The number of esters is 1. The molecule has 3 heteroatoms. The highest BCUT2D eigenvalue weighted by molar-refractivity contribution is 5.89. The van der Waals surface area contributed by atoms with E-state index < -0.39 is 0 Å². The van der Waals surface area contributed by atoms with Crippen molar-refractivity contribution in [3.8, 4) is 5.75 Å². The lowest BCUT2D eigenvalue weighted by molar-refractivity contribution is -0.136. The Hall–Kier alpha value is -1.77. The molecule has 3 aliphatic rings. The zero-order chi connectivity index (χ0) is 17.8. The highest BCUT2D eigenvalue weighted by Gasteiger charge is 2.53. The summed E-state index contributed by atoms with van der Waals surface area (Å²) in [5, 5.41) is 9.80. The molecule has 4 rings (SSSR count). The number of fused-ring (bicyclic) bond motifs is 5. The van der Waals surface area contributed by atoms with E-state index in [0.29, 0.717) is 23.5 Å². The Labute approximate surface area is 150 Å². The summed E-state index contributed by atoms with van der Waals surface area (Å²) in [6, 6.07) is 5.95. The van der Waals surface area contributed by atoms with E-state index in [1.807, 2.05) is 19.1 Å². The first-order chi connectivity index (χ1) is 12.0. The smallest absolute Gasteiger partial charge is 0.333 e. The van der Waals surface area contributed by atoms with Crippen LogP contribution in [0.4, 0.5) is 0 Å². The minimum Gasteiger partial charge on any atom is -0.508 e. The Balaban J connectivity index is 1.69. The standard InChI is InChI=1S/C22H28O3/c1-13(21(24)25-3)19-8-9-20-18-6-4-14-12-15(23)5-7-16(14)17(18)10-11-22(19,20)2/h5,7,12,17-18,20,23H,4,6,8-11H2,1-3H3/b19-13+/t17-,18-,20+,22-/m1/s1. The number of carbonyl (C=O) groups excluding carboxylic acids is 1. The van der Waals surface area contributed by atoms with Gasteiger partial charge in [0, 0.05) is 5.57 Å². The van der Waals surface area contributed by atoms with E-state index in [4.69, 9.17) is 4.74 Å². The molecule has 0 spiro atoms. The van der Waals surface area contributed by atoms with Crippen LogP contribution in [0.2, 0.25) is 0 Å². The zero-order valence-corrected chi connectivity index (χ0v) is 15.5. The van der Waals surface area contributed by atoms with Crippen LogP contribution in [-0.4, -0.2) is 18.2 Å². The molecule has 0 bridgehead atoms. The third-order valence-corrected chi connectivity index (χ3v) is 7.44. The van der Waals surface area contributed by atoms with Crippen LogP contribution in [0.25, 0.3) is 0 Å². The van der Waals surface area contributed by atoms with Crippen LogP contribution in [0.5, 0.6) is 5.75 Å². The Morgan fingerprint density at radius 2 is 2.04 bits per heavy atom. The first-order valence-electron chi connectivity index (χ1n) is 9.56. The lowest BCUT2D eigenvalue weighted by Gasteiger charge is -2.49. The minimum absolute atomic E-state index is 0.147. The van der Waals surface area contributed by atoms with E-state index in [0.717, 1.165) is 24.8 Å². The van der Waals surface area contributed by atoms with Crippen LogP contribution in [-0.2, 0) is 16.0 Å². The number of hydrogen-bond donors (Lipinski definition) is 1. The topological polar surface area (TPSA) is 46.5 Å². The molecule has 2 saturated carbocycles.